The zero-order chi connectivity index (χ0) is 19.1. The molecule has 1 aliphatic rings. The van der Waals surface area contributed by atoms with Crippen LogP contribution in [0, 0.1) is 5.82 Å². The van der Waals surface area contributed by atoms with Crippen LogP contribution >= 0.6 is 11.3 Å². The molecule has 2 aromatic heterocycles. The van der Waals surface area contributed by atoms with Crippen molar-refractivity contribution >= 4 is 27.3 Å². The fourth-order valence-electron chi connectivity index (χ4n) is 3.77. The van der Waals surface area contributed by atoms with Gasteiger partial charge in [0.2, 0.25) is 5.91 Å². The summed E-state index contributed by atoms with van der Waals surface area (Å²) in [5.74, 6) is -0.134. The summed E-state index contributed by atoms with van der Waals surface area (Å²) in [5.41, 5.74) is 3.96. The van der Waals surface area contributed by atoms with E-state index in [1.54, 1.807) is 23.5 Å². The van der Waals surface area contributed by atoms with Gasteiger partial charge in [0.15, 0.2) is 0 Å². The first-order chi connectivity index (χ1) is 13.7. The summed E-state index contributed by atoms with van der Waals surface area (Å²) in [6, 6.07) is 14.6. The van der Waals surface area contributed by atoms with Crippen LogP contribution in [0.2, 0.25) is 0 Å². The van der Waals surface area contributed by atoms with Crippen LogP contribution < -0.4 is 0 Å². The van der Waals surface area contributed by atoms with Crippen LogP contribution in [-0.4, -0.2) is 27.1 Å². The minimum Gasteiger partial charge on any atom is -0.335 e. The Kier molecular flexibility index (Phi) is 4.20. The molecular formula is C22H18FN3OS. The van der Waals surface area contributed by atoms with Crippen molar-refractivity contribution in [3.8, 4) is 11.1 Å². The minimum absolute atomic E-state index is 0.126. The van der Waals surface area contributed by atoms with Crippen molar-refractivity contribution in [2.24, 2.45) is 0 Å². The summed E-state index contributed by atoms with van der Waals surface area (Å²) in [6.45, 7) is 1.85. The van der Waals surface area contributed by atoms with E-state index < -0.39 is 0 Å². The van der Waals surface area contributed by atoms with Crippen LogP contribution in [0.3, 0.4) is 0 Å². The number of halogens is 1. The summed E-state index contributed by atoms with van der Waals surface area (Å²) in [6.07, 6.45) is 2.22. The van der Waals surface area contributed by atoms with Gasteiger partial charge in [0.1, 0.15) is 5.82 Å². The number of thiophene rings is 1. The number of nitrogens with zero attached hydrogens (tertiary/aromatic N) is 3. The summed E-state index contributed by atoms with van der Waals surface area (Å²) in [7, 11) is 0. The van der Waals surface area contributed by atoms with E-state index in [9.17, 15) is 9.18 Å². The maximum Gasteiger partial charge on any atom is 0.227 e. The molecule has 140 valence electrons. The fourth-order valence-corrected chi connectivity index (χ4v) is 4.74. The van der Waals surface area contributed by atoms with Gasteiger partial charge in [0.25, 0.3) is 0 Å². The van der Waals surface area contributed by atoms with E-state index in [2.05, 4.69) is 22.6 Å². The third-order valence-electron chi connectivity index (χ3n) is 5.28. The van der Waals surface area contributed by atoms with Crippen molar-refractivity contribution in [1.29, 1.82) is 0 Å². The second-order valence-electron chi connectivity index (χ2n) is 6.98. The largest absolute Gasteiger partial charge is 0.335 e. The zero-order valence-electron chi connectivity index (χ0n) is 15.1. The lowest BCUT2D eigenvalue weighted by Crippen LogP contribution is -2.39. The van der Waals surface area contributed by atoms with Crippen molar-refractivity contribution in [3.05, 3.63) is 77.2 Å². The Morgan fingerprint density at radius 1 is 1.11 bits per heavy atom. The molecule has 0 aliphatic carbocycles. The number of fused-ring (bicyclic) bond motifs is 2. The topological polar surface area (TPSA) is 38.1 Å². The number of aromatic nitrogens is 2. The van der Waals surface area contributed by atoms with Crippen LogP contribution in [0.1, 0.15) is 11.3 Å². The van der Waals surface area contributed by atoms with Gasteiger partial charge in [0.05, 0.1) is 31.4 Å². The number of hydrogen-bond donors (Lipinski definition) is 0. The fraction of sp³-hybridized carbons (Fsp3) is 0.182. The van der Waals surface area contributed by atoms with Gasteiger partial charge in [-0.15, -0.1) is 11.3 Å². The van der Waals surface area contributed by atoms with Crippen molar-refractivity contribution in [2.45, 2.75) is 19.5 Å². The molecule has 0 unspecified atom stereocenters. The third-order valence-corrected chi connectivity index (χ3v) is 6.29. The lowest BCUT2D eigenvalue weighted by Gasteiger charge is -2.28. The van der Waals surface area contributed by atoms with Crippen molar-refractivity contribution in [1.82, 2.24) is 14.7 Å². The maximum absolute atomic E-state index is 13.3. The number of carbonyl (C=O) groups is 1. The first-order valence-corrected chi connectivity index (χ1v) is 10.1. The highest BCUT2D eigenvalue weighted by Crippen LogP contribution is 2.29. The zero-order valence-corrected chi connectivity index (χ0v) is 16.0. The van der Waals surface area contributed by atoms with Gasteiger partial charge in [-0.2, -0.15) is 5.10 Å². The van der Waals surface area contributed by atoms with Gasteiger partial charge in [-0.3, -0.25) is 9.48 Å². The smallest absolute Gasteiger partial charge is 0.227 e. The SMILES string of the molecule is O=C(Cc1csc2ccccc12)N1CCn2ncc(-c3ccc(F)cc3)c2C1. The predicted molar refractivity (Wildman–Crippen MR) is 109 cm³/mol. The van der Waals surface area contributed by atoms with Crippen molar-refractivity contribution in [2.75, 3.05) is 6.54 Å². The molecule has 2 aromatic carbocycles. The Labute approximate surface area is 165 Å². The molecule has 1 aliphatic heterocycles. The molecule has 5 rings (SSSR count). The molecule has 0 spiro atoms. The first kappa shape index (κ1) is 17.1. The van der Waals surface area contributed by atoms with Gasteiger partial charge in [-0.25, -0.2) is 4.39 Å². The van der Waals surface area contributed by atoms with Crippen molar-refractivity contribution < 1.29 is 9.18 Å². The van der Waals surface area contributed by atoms with E-state index in [0.29, 0.717) is 26.1 Å². The van der Waals surface area contributed by atoms with Crippen LogP contribution in [0.5, 0.6) is 0 Å². The quantitative estimate of drug-likeness (QED) is 0.516. The molecule has 4 aromatic rings. The molecule has 6 heteroatoms. The summed E-state index contributed by atoms with van der Waals surface area (Å²) < 4.78 is 16.4. The molecule has 28 heavy (non-hydrogen) atoms. The van der Waals surface area contributed by atoms with Crippen LogP contribution in [0.15, 0.2) is 60.1 Å². The molecule has 0 N–H and O–H groups in total. The molecule has 0 bridgehead atoms. The number of amides is 1. The predicted octanol–water partition coefficient (Wildman–Crippen LogP) is 4.49. The van der Waals surface area contributed by atoms with Gasteiger partial charge in [-0.05, 0) is 40.1 Å². The van der Waals surface area contributed by atoms with Gasteiger partial charge in [0, 0.05) is 16.8 Å². The lowest BCUT2D eigenvalue weighted by atomic mass is 10.0. The first-order valence-electron chi connectivity index (χ1n) is 9.22. The Morgan fingerprint density at radius 2 is 1.93 bits per heavy atom. The van der Waals surface area contributed by atoms with Gasteiger partial charge in [-0.1, -0.05) is 30.3 Å². The molecule has 3 heterocycles. The van der Waals surface area contributed by atoms with Crippen molar-refractivity contribution in [3.63, 3.8) is 0 Å². The Hall–Kier alpha value is -2.99. The van der Waals surface area contributed by atoms with Crippen LogP contribution in [0.25, 0.3) is 21.2 Å². The summed E-state index contributed by atoms with van der Waals surface area (Å²) in [5, 5.41) is 7.70. The standard InChI is InChI=1S/C22H18FN3OS/c23-17-7-5-15(6-8-17)19-12-24-26-10-9-25(13-20(19)26)22(27)11-16-14-28-21-4-2-1-3-18(16)21/h1-8,12,14H,9-11,13H2. The van der Waals surface area contributed by atoms with E-state index in [1.807, 2.05) is 27.9 Å². The average molecular weight is 391 g/mol. The van der Waals surface area contributed by atoms with Crippen LogP contribution in [-0.2, 0) is 24.3 Å². The highest BCUT2D eigenvalue weighted by molar-refractivity contribution is 7.17. The molecule has 0 saturated heterocycles. The number of carbonyl (C=O) groups excluding carboxylic acids is 1. The van der Waals surface area contributed by atoms with E-state index >= 15 is 0 Å². The normalized spacial score (nSPS) is 13.7. The number of benzene rings is 2. The molecule has 0 radical (unpaired) electrons. The second-order valence-corrected chi connectivity index (χ2v) is 7.90. The Bertz CT molecular complexity index is 1160. The monoisotopic (exact) mass is 391 g/mol. The maximum atomic E-state index is 13.3. The molecule has 1 amide bonds. The molecule has 4 nitrogen and oxygen atoms in total. The number of rotatable bonds is 3. The van der Waals surface area contributed by atoms with Gasteiger partial charge < -0.3 is 4.90 Å². The van der Waals surface area contributed by atoms with E-state index in [4.69, 9.17) is 0 Å². The van der Waals surface area contributed by atoms with E-state index in [1.165, 1.54) is 16.8 Å². The minimum atomic E-state index is -0.260. The summed E-state index contributed by atoms with van der Waals surface area (Å²) >= 11 is 1.68. The Balaban J connectivity index is 1.38. The molecule has 0 fully saturated rings. The van der Waals surface area contributed by atoms with E-state index in [0.717, 1.165) is 27.8 Å². The highest BCUT2D eigenvalue weighted by atomic mass is 32.1. The molecule has 0 saturated carbocycles. The third kappa shape index (κ3) is 2.99. The second kappa shape index (κ2) is 6.87. The number of hydrogen-bond acceptors (Lipinski definition) is 3. The lowest BCUT2D eigenvalue weighted by molar-refractivity contribution is -0.131. The molecular weight excluding hydrogens is 373 g/mol. The Morgan fingerprint density at radius 3 is 2.79 bits per heavy atom. The van der Waals surface area contributed by atoms with Gasteiger partial charge >= 0.3 is 0 Å². The summed E-state index contributed by atoms with van der Waals surface area (Å²) in [4.78, 5) is 14.9. The van der Waals surface area contributed by atoms with E-state index in [-0.39, 0.29) is 11.7 Å². The highest BCUT2D eigenvalue weighted by Gasteiger charge is 2.25. The van der Waals surface area contributed by atoms with Crippen LogP contribution in [0.4, 0.5) is 4.39 Å². The average Bonchev–Trinajstić information content (AvgIpc) is 3.33. The molecule has 0 atom stereocenters.